The van der Waals surface area contributed by atoms with E-state index in [4.69, 9.17) is 28.4 Å². The monoisotopic (exact) mass is 627 g/mol. The molecule has 4 aliphatic rings. The van der Waals surface area contributed by atoms with Crippen molar-refractivity contribution in [1.82, 2.24) is 4.90 Å². The molecule has 8 nitrogen and oxygen atoms in total. The number of benzene rings is 3. The van der Waals surface area contributed by atoms with Gasteiger partial charge in [0, 0.05) is 0 Å². The van der Waals surface area contributed by atoms with Gasteiger partial charge < -0.3 is 28.4 Å². The first kappa shape index (κ1) is 30.9. The fourth-order valence-electron chi connectivity index (χ4n) is 6.94. The van der Waals surface area contributed by atoms with Crippen LogP contribution in [0, 0.1) is 0 Å². The van der Waals surface area contributed by atoms with E-state index < -0.39 is 39.8 Å². The van der Waals surface area contributed by atoms with E-state index in [2.05, 4.69) is 17.0 Å². The van der Waals surface area contributed by atoms with Gasteiger partial charge in [0.05, 0.1) is 6.04 Å². The van der Waals surface area contributed by atoms with Crippen molar-refractivity contribution in [2.24, 2.45) is 0 Å². The van der Waals surface area contributed by atoms with E-state index in [0.29, 0.717) is 23.0 Å². The van der Waals surface area contributed by atoms with E-state index in [-0.39, 0.29) is 18.6 Å². The zero-order valence-electron chi connectivity index (χ0n) is 28.5. The largest absolute Gasteiger partial charge is 0.480 e. The summed E-state index contributed by atoms with van der Waals surface area (Å²) in [7, 11) is 0. The fourth-order valence-corrected chi connectivity index (χ4v) is 6.94. The van der Waals surface area contributed by atoms with Gasteiger partial charge in [-0.15, -0.1) is 0 Å². The van der Waals surface area contributed by atoms with Crippen molar-refractivity contribution in [2.75, 3.05) is 6.61 Å². The highest BCUT2D eigenvalue weighted by atomic mass is 16.6. The molecule has 0 saturated carbocycles. The predicted molar refractivity (Wildman–Crippen MR) is 173 cm³/mol. The topological polar surface area (TPSA) is 75.7 Å². The highest BCUT2D eigenvalue weighted by Crippen LogP contribution is 2.60. The van der Waals surface area contributed by atoms with Gasteiger partial charge >= 0.3 is 5.97 Å². The molecular formula is C38H45NO7. The molecule has 0 bridgehead atoms. The summed E-state index contributed by atoms with van der Waals surface area (Å²) < 4.78 is 39.1. The van der Waals surface area contributed by atoms with Crippen LogP contribution in [0.15, 0.2) is 66.7 Å². The lowest BCUT2D eigenvalue weighted by Gasteiger charge is -2.49. The van der Waals surface area contributed by atoms with E-state index in [1.807, 2.05) is 124 Å². The summed E-state index contributed by atoms with van der Waals surface area (Å²) in [5, 5.41) is 0. The van der Waals surface area contributed by atoms with Gasteiger partial charge in [-0.05, 0) is 110 Å². The SMILES string of the molecule is CC1(C)Oc2ccc([C@@H]3O[C@](C)(c4ccc5c(c4)OC(C)(C)C(C)(C)O5)[C@@]4(C)C(=O)OC[C@H](c5ccccc5)N34)cc2OC1(C)C. The number of carbonyl (C=O) groups excluding carboxylic acids is 1. The number of hydrogen-bond acceptors (Lipinski definition) is 8. The Balaban J connectivity index is 1.38. The molecule has 0 N–H and O–H groups in total. The summed E-state index contributed by atoms with van der Waals surface area (Å²) in [5.41, 5.74) is -1.94. The van der Waals surface area contributed by atoms with Gasteiger partial charge in [-0.2, -0.15) is 0 Å². The molecule has 3 aromatic carbocycles. The first-order chi connectivity index (χ1) is 21.4. The summed E-state index contributed by atoms with van der Waals surface area (Å²) in [6.45, 7) is 20.3. The van der Waals surface area contributed by atoms with Crippen LogP contribution in [0.4, 0.5) is 0 Å². The van der Waals surface area contributed by atoms with Gasteiger partial charge in [0.2, 0.25) is 0 Å². The lowest BCUT2D eigenvalue weighted by atomic mass is 9.75. The Hall–Kier alpha value is -3.75. The zero-order valence-corrected chi connectivity index (χ0v) is 28.5. The number of rotatable bonds is 3. The molecule has 0 amide bonds. The Kier molecular flexibility index (Phi) is 6.47. The number of hydrogen-bond donors (Lipinski definition) is 0. The minimum absolute atomic E-state index is 0.199. The fraction of sp³-hybridized carbons (Fsp3) is 0.500. The number of ether oxygens (including phenoxy) is 6. The summed E-state index contributed by atoms with van der Waals surface area (Å²) in [5.74, 6) is 2.23. The summed E-state index contributed by atoms with van der Waals surface area (Å²) >= 11 is 0. The van der Waals surface area contributed by atoms with Gasteiger partial charge in [0.1, 0.15) is 40.8 Å². The molecule has 0 spiro atoms. The van der Waals surface area contributed by atoms with Crippen LogP contribution in [0.3, 0.4) is 0 Å². The van der Waals surface area contributed by atoms with E-state index in [1.165, 1.54) is 0 Å². The summed E-state index contributed by atoms with van der Waals surface area (Å²) in [4.78, 5) is 16.3. The zero-order chi connectivity index (χ0) is 33.1. The molecule has 4 aliphatic heterocycles. The maximum atomic E-state index is 14.2. The Morgan fingerprint density at radius 1 is 0.609 bits per heavy atom. The molecule has 3 aromatic rings. The molecule has 4 heterocycles. The second kappa shape index (κ2) is 9.64. The van der Waals surface area contributed by atoms with Crippen LogP contribution in [0.1, 0.15) is 98.2 Å². The van der Waals surface area contributed by atoms with Crippen LogP contribution in [0.25, 0.3) is 0 Å². The Morgan fingerprint density at radius 2 is 1.13 bits per heavy atom. The number of cyclic esters (lactones) is 1. The number of nitrogens with zero attached hydrogens (tertiary/aromatic N) is 1. The smallest absolute Gasteiger partial charge is 0.329 e. The van der Waals surface area contributed by atoms with Gasteiger partial charge in [0.25, 0.3) is 0 Å². The average Bonchev–Trinajstić information content (AvgIpc) is 3.23. The van der Waals surface area contributed by atoms with Crippen molar-refractivity contribution in [3.05, 3.63) is 83.4 Å². The Labute approximate surface area is 271 Å². The molecule has 0 aromatic heterocycles. The third kappa shape index (κ3) is 4.22. The maximum Gasteiger partial charge on any atom is 0.329 e. The molecule has 7 rings (SSSR count). The molecule has 2 saturated heterocycles. The predicted octanol–water partition coefficient (Wildman–Crippen LogP) is 7.65. The van der Waals surface area contributed by atoms with Crippen molar-refractivity contribution >= 4 is 5.97 Å². The molecule has 0 unspecified atom stereocenters. The quantitative estimate of drug-likeness (QED) is 0.274. The molecule has 244 valence electrons. The standard InChI is InChI=1S/C38H45NO7/c1-33(2)35(5,6)44-29-20-24(16-18-27(29)42-33)31-39-26(23-14-12-11-13-15-23)22-41-32(40)37(39,9)38(10,46-31)25-17-19-28-30(21-25)45-36(7,8)34(3,4)43-28/h11-21,26,31H,22H2,1-10H3/t26-,31+,37-,38-/m1/s1. The van der Waals surface area contributed by atoms with Crippen LogP contribution < -0.4 is 18.9 Å². The lowest BCUT2D eigenvalue weighted by molar-refractivity contribution is -0.178. The molecule has 4 atom stereocenters. The minimum atomic E-state index is -1.22. The van der Waals surface area contributed by atoms with Crippen molar-refractivity contribution < 1.29 is 33.2 Å². The van der Waals surface area contributed by atoms with Crippen LogP contribution in [0.2, 0.25) is 0 Å². The maximum absolute atomic E-state index is 14.2. The molecule has 2 fully saturated rings. The van der Waals surface area contributed by atoms with Crippen molar-refractivity contribution in [3.63, 3.8) is 0 Å². The van der Waals surface area contributed by atoms with Gasteiger partial charge in [-0.25, -0.2) is 9.69 Å². The first-order valence-electron chi connectivity index (χ1n) is 16.1. The third-order valence-corrected chi connectivity index (χ3v) is 11.4. The highest BCUT2D eigenvalue weighted by molar-refractivity contribution is 5.84. The van der Waals surface area contributed by atoms with Gasteiger partial charge in [-0.1, -0.05) is 42.5 Å². The molecule has 46 heavy (non-hydrogen) atoms. The van der Waals surface area contributed by atoms with E-state index in [1.54, 1.807) is 0 Å². The van der Waals surface area contributed by atoms with Gasteiger partial charge in [-0.3, -0.25) is 0 Å². The van der Waals surface area contributed by atoms with Crippen LogP contribution in [-0.4, -0.2) is 45.4 Å². The lowest BCUT2D eigenvalue weighted by Crippen LogP contribution is -2.63. The van der Waals surface area contributed by atoms with Crippen LogP contribution in [-0.2, 0) is 19.9 Å². The Morgan fingerprint density at radius 3 is 1.72 bits per heavy atom. The van der Waals surface area contributed by atoms with E-state index >= 15 is 0 Å². The van der Waals surface area contributed by atoms with Crippen LogP contribution in [0.5, 0.6) is 23.0 Å². The third-order valence-electron chi connectivity index (χ3n) is 11.4. The van der Waals surface area contributed by atoms with Gasteiger partial charge in [0.15, 0.2) is 28.5 Å². The summed E-state index contributed by atoms with van der Waals surface area (Å²) in [6.07, 6.45) is -0.622. The number of morpholine rings is 1. The Bertz CT molecular complexity index is 1710. The van der Waals surface area contributed by atoms with Crippen molar-refractivity contribution in [2.45, 2.75) is 115 Å². The number of fused-ring (bicyclic) bond motifs is 3. The molecule has 8 heteroatoms. The normalized spacial score (nSPS) is 31.5. The summed E-state index contributed by atoms with van der Waals surface area (Å²) in [6, 6.07) is 21.6. The molecule has 0 aliphatic carbocycles. The molecule has 0 radical (unpaired) electrons. The van der Waals surface area contributed by atoms with Crippen molar-refractivity contribution in [1.29, 1.82) is 0 Å². The second-order valence-corrected chi connectivity index (χ2v) is 15.3. The first-order valence-corrected chi connectivity index (χ1v) is 16.1. The van der Waals surface area contributed by atoms with Crippen LogP contribution >= 0.6 is 0 Å². The molecular weight excluding hydrogens is 582 g/mol. The second-order valence-electron chi connectivity index (χ2n) is 15.3. The number of esters is 1. The van der Waals surface area contributed by atoms with E-state index in [9.17, 15) is 4.79 Å². The minimum Gasteiger partial charge on any atom is -0.480 e. The number of carbonyl (C=O) groups is 1. The van der Waals surface area contributed by atoms with E-state index in [0.717, 1.165) is 16.7 Å². The average molecular weight is 628 g/mol. The van der Waals surface area contributed by atoms with Crippen molar-refractivity contribution in [3.8, 4) is 23.0 Å². The highest BCUT2D eigenvalue weighted by Gasteiger charge is 2.69.